The molecule has 2 aromatic rings. The summed E-state index contributed by atoms with van der Waals surface area (Å²) in [6.07, 6.45) is 7.28. The molecule has 9 nitrogen and oxygen atoms in total. The van der Waals surface area contributed by atoms with Crippen molar-refractivity contribution in [3.05, 3.63) is 47.9 Å². The van der Waals surface area contributed by atoms with E-state index in [0.717, 1.165) is 38.5 Å². The molecule has 3 N–H and O–H groups in total. The molecule has 1 aromatic carbocycles. The van der Waals surface area contributed by atoms with E-state index >= 15 is 0 Å². The van der Waals surface area contributed by atoms with Crippen molar-refractivity contribution in [2.75, 3.05) is 27.3 Å². The van der Waals surface area contributed by atoms with Crippen molar-refractivity contribution in [2.24, 2.45) is 11.7 Å². The van der Waals surface area contributed by atoms with E-state index in [2.05, 4.69) is 5.32 Å². The molecule has 1 saturated carbocycles. The highest BCUT2D eigenvalue weighted by atomic mass is 16.5. The summed E-state index contributed by atoms with van der Waals surface area (Å²) in [4.78, 5) is 41.5. The molecule has 1 aromatic heterocycles. The molecule has 0 bridgehead atoms. The number of nitrogens with zero attached hydrogens (tertiary/aromatic N) is 1. The number of carbonyl (C=O) groups is 3. The molecule has 36 heavy (non-hydrogen) atoms. The second-order valence-electron chi connectivity index (χ2n) is 9.09. The average molecular weight is 500 g/mol. The zero-order valence-electron chi connectivity index (χ0n) is 21.4. The number of ether oxygens (including phenoxy) is 2. The minimum absolute atomic E-state index is 0.105. The number of benzene rings is 1. The van der Waals surface area contributed by atoms with Gasteiger partial charge in [0.25, 0.3) is 5.91 Å². The van der Waals surface area contributed by atoms with Gasteiger partial charge in [-0.2, -0.15) is 0 Å². The van der Waals surface area contributed by atoms with Crippen molar-refractivity contribution in [3.63, 3.8) is 0 Å². The van der Waals surface area contributed by atoms with E-state index in [-0.39, 0.29) is 18.2 Å². The first-order valence-corrected chi connectivity index (χ1v) is 12.5. The highest BCUT2D eigenvalue weighted by Gasteiger charge is 2.53. The predicted octanol–water partition coefficient (Wildman–Crippen LogP) is 3.62. The third-order valence-electron chi connectivity index (χ3n) is 7.00. The topological polar surface area (TPSA) is 124 Å². The Balaban J connectivity index is 2.11. The van der Waals surface area contributed by atoms with Crippen LogP contribution in [0.5, 0.6) is 11.5 Å². The molecule has 1 atom stereocenters. The summed E-state index contributed by atoms with van der Waals surface area (Å²) in [5.41, 5.74) is 5.34. The standard InChI is InChI=1S/C27H37N3O6/c1-4-5-15-30(24(31)18-29-25(32)22-12-9-16-36-22)27(26(28)33,19-10-7-6-8-11-19)21-14-13-20(34-2)17-23(21)35-3/h9,12-14,16-17,19H,4-8,10-11,15,18H2,1-3H3,(H2,28,33)(H,29,32). The molecule has 0 spiro atoms. The number of hydrogen-bond donors (Lipinski definition) is 2. The van der Waals surface area contributed by atoms with Crippen LogP contribution in [0.2, 0.25) is 0 Å². The first kappa shape index (κ1) is 27.1. The van der Waals surface area contributed by atoms with Gasteiger partial charge in [-0.05, 0) is 49.4 Å². The number of hydrogen-bond acceptors (Lipinski definition) is 6. The van der Waals surface area contributed by atoms with Crippen LogP contribution in [0, 0.1) is 5.92 Å². The second-order valence-corrected chi connectivity index (χ2v) is 9.09. The first-order chi connectivity index (χ1) is 17.4. The fourth-order valence-corrected chi connectivity index (χ4v) is 5.25. The third kappa shape index (κ3) is 5.50. The van der Waals surface area contributed by atoms with Gasteiger partial charge in [-0.3, -0.25) is 14.4 Å². The summed E-state index contributed by atoms with van der Waals surface area (Å²) in [5, 5.41) is 2.63. The van der Waals surface area contributed by atoms with Gasteiger partial charge in [0.1, 0.15) is 11.5 Å². The predicted molar refractivity (Wildman–Crippen MR) is 135 cm³/mol. The number of nitrogens with one attached hydrogen (secondary N) is 1. The fraction of sp³-hybridized carbons (Fsp3) is 0.519. The van der Waals surface area contributed by atoms with Crippen LogP contribution < -0.4 is 20.5 Å². The van der Waals surface area contributed by atoms with Gasteiger partial charge in [0.2, 0.25) is 11.8 Å². The minimum atomic E-state index is -1.44. The lowest BCUT2D eigenvalue weighted by Gasteiger charge is -2.48. The second kappa shape index (κ2) is 12.5. The maximum atomic E-state index is 13.8. The number of methoxy groups -OCH3 is 2. The molecule has 1 unspecified atom stereocenters. The lowest BCUT2D eigenvalue weighted by atomic mass is 9.68. The van der Waals surface area contributed by atoms with Crippen LogP contribution in [0.15, 0.2) is 41.0 Å². The molecule has 9 heteroatoms. The number of unbranched alkanes of at least 4 members (excludes halogenated alkanes) is 1. The summed E-state index contributed by atoms with van der Waals surface area (Å²) < 4.78 is 16.2. The fourth-order valence-electron chi connectivity index (χ4n) is 5.25. The number of furan rings is 1. The van der Waals surface area contributed by atoms with Crippen LogP contribution in [0.25, 0.3) is 0 Å². The quantitative estimate of drug-likeness (QED) is 0.460. The highest BCUT2D eigenvalue weighted by Crippen LogP contribution is 2.47. The van der Waals surface area contributed by atoms with Crippen LogP contribution in [-0.2, 0) is 15.1 Å². The minimum Gasteiger partial charge on any atom is -0.497 e. The van der Waals surface area contributed by atoms with Crippen molar-refractivity contribution in [3.8, 4) is 11.5 Å². The summed E-state index contributed by atoms with van der Waals surface area (Å²) in [6.45, 7) is 2.02. The Morgan fingerprint density at radius 2 is 1.89 bits per heavy atom. The van der Waals surface area contributed by atoms with Crippen molar-refractivity contribution in [1.29, 1.82) is 0 Å². The van der Waals surface area contributed by atoms with Gasteiger partial charge in [0.15, 0.2) is 11.3 Å². The van der Waals surface area contributed by atoms with Crippen molar-refractivity contribution >= 4 is 17.7 Å². The van der Waals surface area contributed by atoms with Gasteiger partial charge in [0.05, 0.1) is 27.0 Å². The molecule has 1 fully saturated rings. The average Bonchev–Trinajstić information content (AvgIpc) is 3.45. The molecule has 3 rings (SSSR count). The Kier molecular flexibility index (Phi) is 9.38. The molecule has 1 aliphatic rings. The molecule has 196 valence electrons. The molecular formula is C27H37N3O6. The van der Waals surface area contributed by atoms with Gasteiger partial charge < -0.3 is 29.8 Å². The van der Waals surface area contributed by atoms with Crippen molar-refractivity contribution < 1.29 is 28.3 Å². The smallest absolute Gasteiger partial charge is 0.287 e. The van der Waals surface area contributed by atoms with Crippen LogP contribution >= 0.6 is 0 Å². The molecule has 3 amide bonds. The first-order valence-electron chi connectivity index (χ1n) is 12.5. The molecule has 0 aliphatic heterocycles. The van der Waals surface area contributed by atoms with Gasteiger partial charge in [-0.15, -0.1) is 0 Å². The lowest BCUT2D eigenvalue weighted by molar-refractivity contribution is -0.152. The Morgan fingerprint density at radius 1 is 1.14 bits per heavy atom. The van der Waals surface area contributed by atoms with E-state index in [1.807, 2.05) is 6.92 Å². The van der Waals surface area contributed by atoms with Crippen LogP contribution in [0.4, 0.5) is 0 Å². The van der Waals surface area contributed by atoms with E-state index in [0.29, 0.717) is 30.0 Å². The lowest BCUT2D eigenvalue weighted by Crippen LogP contribution is -2.63. The Bertz CT molecular complexity index is 1030. The van der Waals surface area contributed by atoms with Crippen molar-refractivity contribution in [2.45, 2.75) is 57.4 Å². The summed E-state index contributed by atoms with van der Waals surface area (Å²) in [7, 11) is 3.07. The van der Waals surface area contributed by atoms with E-state index in [1.165, 1.54) is 19.4 Å². The SMILES string of the molecule is CCCCN(C(=O)CNC(=O)c1ccco1)C(C(N)=O)(c1ccc(OC)cc1OC)C1CCCCC1. The zero-order valence-corrected chi connectivity index (χ0v) is 21.4. The van der Waals surface area contributed by atoms with Gasteiger partial charge in [0, 0.05) is 18.2 Å². The van der Waals surface area contributed by atoms with Gasteiger partial charge in [-0.25, -0.2) is 0 Å². The number of amides is 3. The zero-order chi connectivity index (χ0) is 26.1. The Labute approximate surface area is 212 Å². The Morgan fingerprint density at radius 3 is 2.47 bits per heavy atom. The van der Waals surface area contributed by atoms with E-state index in [9.17, 15) is 14.4 Å². The number of nitrogens with two attached hydrogens (primary N) is 1. The maximum absolute atomic E-state index is 13.8. The van der Waals surface area contributed by atoms with Gasteiger partial charge >= 0.3 is 0 Å². The summed E-state index contributed by atoms with van der Waals surface area (Å²) in [5.74, 6) is -0.623. The van der Waals surface area contributed by atoms with Crippen LogP contribution in [0.1, 0.15) is 68.0 Å². The van der Waals surface area contributed by atoms with Crippen LogP contribution in [-0.4, -0.2) is 49.9 Å². The summed E-state index contributed by atoms with van der Waals surface area (Å²) >= 11 is 0. The third-order valence-corrected chi connectivity index (χ3v) is 7.00. The number of carbonyl (C=O) groups excluding carboxylic acids is 3. The van der Waals surface area contributed by atoms with E-state index in [4.69, 9.17) is 19.6 Å². The van der Waals surface area contributed by atoms with Gasteiger partial charge in [-0.1, -0.05) is 32.6 Å². The summed E-state index contributed by atoms with van der Waals surface area (Å²) in [6, 6.07) is 8.34. The monoisotopic (exact) mass is 499 g/mol. The molecule has 1 aliphatic carbocycles. The highest BCUT2D eigenvalue weighted by molar-refractivity contribution is 5.96. The molecule has 1 heterocycles. The van der Waals surface area contributed by atoms with Crippen LogP contribution in [0.3, 0.4) is 0 Å². The normalized spacial score (nSPS) is 15.5. The molecule has 0 saturated heterocycles. The van der Waals surface area contributed by atoms with E-state index < -0.39 is 23.3 Å². The van der Waals surface area contributed by atoms with E-state index in [1.54, 1.807) is 36.3 Å². The van der Waals surface area contributed by atoms with Crippen molar-refractivity contribution in [1.82, 2.24) is 10.2 Å². The maximum Gasteiger partial charge on any atom is 0.287 e. The Hall–Kier alpha value is -3.49. The number of primary amides is 1. The molecule has 0 radical (unpaired) electrons. The largest absolute Gasteiger partial charge is 0.497 e. The molecular weight excluding hydrogens is 462 g/mol. The number of rotatable bonds is 12.